The maximum atomic E-state index is 9.54. The van der Waals surface area contributed by atoms with Crippen molar-refractivity contribution >= 4 is 0 Å². The second-order valence-corrected chi connectivity index (χ2v) is 4.98. The van der Waals surface area contributed by atoms with Crippen molar-refractivity contribution in [2.45, 2.75) is 58.1 Å². The lowest BCUT2D eigenvalue weighted by atomic mass is 10.1. The normalized spacial score (nSPS) is 29.5. The summed E-state index contributed by atoms with van der Waals surface area (Å²) in [6.07, 6.45) is 5.25. The maximum Gasteiger partial charge on any atom is 0.0715 e. The van der Waals surface area contributed by atoms with E-state index in [1.165, 1.54) is 25.7 Å². The number of hydrogen-bond donors (Lipinski definition) is 2. The van der Waals surface area contributed by atoms with Crippen LogP contribution in [-0.2, 0) is 0 Å². The average Bonchev–Trinajstić information content (AvgIpc) is 2.47. The van der Waals surface area contributed by atoms with E-state index in [9.17, 15) is 5.11 Å². The Hall–Kier alpha value is -0.0800. The number of nitrogens with one attached hydrogen (secondary N) is 1. The Labute approximate surface area is 81.7 Å². The molecule has 1 aliphatic carbocycles. The first kappa shape index (κ1) is 11.0. The summed E-state index contributed by atoms with van der Waals surface area (Å²) in [5.41, 5.74) is -0.565. The summed E-state index contributed by atoms with van der Waals surface area (Å²) in [5.74, 6) is 0.916. The zero-order valence-electron chi connectivity index (χ0n) is 9.14. The van der Waals surface area contributed by atoms with E-state index < -0.39 is 5.60 Å². The molecular weight excluding hydrogens is 162 g/mol. The van der Waals surface area contributed by atoms with Crippen LogP contribution in [0.2, 0.25) is 0 Å². The second-order valence-electron chi connectivity index (χ2n) is 4.98. The van der Waals surface area contributed by atoms with E-state index in [1.54, 1.807) is 0 Å². The van der Waals surface area contributed by atoms with Crippen LogP contribution < -0.4 is 5.32 Å². The summed E-state index contributed by atoms with van der Waals surface area (Å²) >= 11 is 0. The lowest BCUT2D eigenvalue weighted by Crippen LogP contribution is -2.39. The fraction of sp³-hybridized carbons (Fsp3) is 1.00. The lowest BCUT2D eigenvalue weighted by molar-refractivity contribution is 0.0764. The van der Waals surface area contributed by atoms with Crippen LogP contribution >= 0.6 is 0 Å². The molecule has 0 aromatic rings. The molecule has 1 aliphatic rings. The third kappa shape index (κ3) is 4.10. The molecule has 0 aromatic heterocycles. The van der Waals surface area contributed by atoms with E-state index in [2.05, 4.69) is 12.2 Å². The highest BCUT2D eigenvalue weighted by Gasteiger charge is 2.24. The number of hydrogen-bond acceptors (Lipinski definition) is 2. The molecular formula is C11H23NO. The minimum absolute atomic E-state index is 0.565. The molecule has 0 aliphatic heterocycles. The molecule has 0 aromatic carbocycles. The molecule has 1 fully saturated rings. The molecule has 0 saturated heterocycles. The minimum atomic E-state index is -0.565. The van der Waals surface area contributed by atoms with Crippen molar-refractivity contribution < 1.29 is 5.11 Å². The van der Waals surface area contributed by atoms with E-state index in [4.69, 9.17) is 0 Å². The summed E-state index contributed by atoms with van der Waals surface area (Å²) in [4.78, 5) is 0. The molecule has 2 N–H and O–H groups in total. The van der Waals surface area contributed by atoms with Gasteiger partial charge < -0.3 is 10.4 Å². The van der Waals surface area contributed by atoms with Crippen molar-refractivity contribution in [2.75, 3.05) is 6.54 Å². The first-order valence-electron chi connectivity index (χ1n) is 5.47. The smallest absolute Gasteiger partial charge is 0.0715 e. The van der Waals surface area contributed by atoms with Gasteiger partial charge in [-0.1, -0.05) is 13.3 Å². The zero-order chi connectivity index (χ0) is 9.90. The highest BCUT2D eigenvalue weighted by Crippen LogP contribution is 2.27. The van der Waals surface area contributed by atoms with Crippen LogP contribution in [0.1, 0.15) is 46.5 Å². The van der Waals surface area contributed by atoms with Gasteiger partial charge in [0.2, 0.25) is 0 Å². The number of aliphatic hydroxyl groups is 1. The Morgan fingerprint density at radius 3 is 2.54 bits per heavy atom. The van der Waals surface area contributed by atoms with Crippen LogP contribution in [0, 0.1) is 5.92 Å². The van der Waals surface area contributed by atoms with Crippen molar-refractivity contribution in [3.05, 3.63) is 0 Å². The van der Waals surface area contributed by atoms with Gasteiger partial charge in [-0.3, -0.25) is 0 Å². The van der Waals surface area contributed by atoms with Crippen LogP contribution in [0.4, 0.5) is 0 Å². The van der Waals surface area contributed by atoms with Gasteiger partial charge in [-0.05, 0) is 39.0 Å². The molecule has 13 heavy (non-hydrogen) atoms. The Morgan fingerprint density at radius 2 is 2.08 bits per heavy atom. The molecule has 0 bridgehead atoms. The summed E-state index contributed by atoms with van der Waals surface area (Å²) in [6.45, 7) is 6.69. The summed E-state index contributed by atoms with van der Waals surface area (Å²) < 4.78 is 0. The molecule has 2 atom stereocenters. The van der Waals surface area contributed by atoms with Gasteiger partial charge in [0.25, 0.3) is 0 Å². The van der Waals surface area contributed by atoms with Gasteiger partial charge in [0.15, 0.2) is 0 Å². The van der Waals surface area contributed by atoms with Crippen molar-refractivity contribution in [3.63, 3.8) is 0 Å². The average molecular weight is 185 g/mol. The van der Waals surface area contributed by atoms with Gasteiger partial charge in [-0.25, -0.2) is 0 Å². The highest BCUT2D eigenvalue weighted by molar-refractivity contribution is 4.82. The first-order valence-corrected chi connectivity index (χ1v) is 5.47. The first-order chi connectivity index (χ1) is 6.01. The second kappa shape index (κ2) is 4.43. The Balaban J connectivity index is 2.17. The van der Waals surface area contributed by atoms with Crippen molar-refractivity contribution in [3.8, 4) is 0 Å². The molecule has 2 heteroatoms. The molecule has 0 amide bonds. The van der Waals surface area contributed by atoms with Crippen LogP contribution in [0.15, 0.2) is 0 Å². The third-order valence-electron chi connectivity index (χ3n) is 2.94. The zero-order valence-corrected chi connectivity index (χ0v) is 9.14. The van der Waals surface area contributed by atoms with Gasteiger partial charge >= 0.3 is 0 Å². The van der Waals surface area contributed by atoms with Crippen LogP contribution in [0.3, 0.4) is 0 Å². The predicted octanol–water partition coefficient (Wildman–Crippen LogP) is 1.93. The van der Waals surface area contributed by atoms with E-state index in [1.807, 2.05) is 13.8 Å². The molecule has 2 unspecified atom stereocenters. The van der Waals surface area contributed by atoms with Crippen LogP contribution in [0.5, 0.6) is 0 Å². The molecule has 0 radical (unpaired) electrons. The Morgan fingerprint density at radius 1 is 1.38 bits per heavy atom. The summed E-state index contributed by atoms with van der Waals surface area (Å²) in [6, 6.07) is 0.649. The molecule has 0 spiro atoms. The summed E-state index contributed by atoms with van der Waals surface area (Å²) in [5, 5.41) is 13.0. The van der Waals surface area contributed by atoms with Gasteiger partial charge in [0.05, 0.1) is 5.60 Å². The number of rotatable bonds is 4. The van der Waals surface area contributed by atoms with Gasteiger partial charge in [-0.2, -0.15) is 0 Å². The summed E-state index contributed by atoms with van der Waals surface area (Å²) in [7, 11) is 0. The topological polar surface area (TPSA) is 32.3 Å². The molecule has 1 rings (SSSR count). The van der Waals surface area contributed by atoms with E-state index in [-0.39, 0.29) is 0 Å². The lowest BCUT2D eigenvalue weighted by Gasteiger charge is -2.21. The van der Waals surface area contributed by atoms with Crippen LogP contribution in [-0.4, -0.2) is 23.3 Å². The van der Waals surface area contributed by atoms with Gasteiger partial charge in [0, 0.05) is 12.6 Å². The maximum absolute atomic E-state index is 9.54. The van der Waals surface area contributed by atoms with E-state index >= 15 is 0 Å². The fourth-order valence-corrected chi connectivity index (χ4v) is 2.03. The molecule has 78 valence electrons. The third-order valence-corrected chi connectivity index (χ3v) is 2.94. The van der Waals surface area contributed by atoms with Gasteiger partial charge in [0.1, 0.15) is 0 Å². The van der Waals surface area contributed by atoms with Crippen molar-refractivity contribution in [2.24, 2.45) is 5.92 Å². The molecule has 1 saturated carbocycles. The van der Waals surface area contributed by atoms with E-state index in [0.717, 1.165) is 5.92 Å². The standard InChI is InChI=1S/C11H23NO/c1-4-9-5-6-10(7-9)12-8-11(2,3)13/h9-10,12-13H,4-8H2,1-3H3. The monoisotopic (exact) mass is 185 g/mol. The van der Waals surface area contributed by atoms with Gasteiger partial charge in [-0.15, -0.1) is 0 Å². The molecule has 0 heterocycles. The van der Waals surface area contributed by atoms with Crippen molar-refractivity contribution in [1.82, 2.24) is 5.32 Å². The fourth-order valence-electron chi connectivity index (χ4n) is 2.03. The SMILES string of the molecule is CCC1CCC(NCC(C)(C)O)C1. The largest absolute Gasteiger partial charge is 0.389 e. The van der Waals surface area contributed by atoms with Crippen LogP contribution in [0.25, 0.3) is 0 Å². The highest BCUT2D eigenvalue weighted by atomic mass is 16.3. The van der Waals surface area contributed by atoms with E-state index in [0.29, 0.717) is 12.6 Å². The van der Waals surface area contributed by atoms with Crippen molar-refractivity contribution in [1.29, 1.82) is 0 Å². The quantitative estimate of drug-likeness (QED) is 0.701. The Bertz CT molecular complexity index is 151. The Kier molecular flexibility index (Phi) is 3.74. The molecule has 2 nitrogen and oxygen atoms in total. The minimum Gasteiger partial charge on any atom is -0.389 e. The predicted molar refractivity (Wildman–Crippen MR) is 55.7 cm³/mol.